The zero-order valence-electron chi connectivity index (χ0n) is 14.8. The Morgan fingerprint density at radius 1 is 0.964 bits per heavy atom. The molecular weight excluding hydrogens is 414 g/mol. The molecule has 4 aromatic rings. The Morgan fingerprint density at radius 3 is 2.57 bits per heavy atom. The number of amides is 1. The van der Waals surface area contributed by atoms with Crippen LogP contribution in [-0.4, -0.2) is 17.1 Å². The van der Waals surface area contributed by atoms with Gasteiger partial charge >= 0.3 is 0 Å². The van der Waals surface area contributed by atoms with Crippen LogP contribution < -0.4 is 5.43 Å². The van der Waals surface area contributed by atoms with Crippen molar-refractivity contribution in [3.05, 3.63) is 101 Å². The highest BCUT2D eigenvalue weighted by molar-refractivity contribution is 9.10. The predicted molar refractivity (Wildman–Crippen MR) is 116 cm³/mol. The van der Waals surface area contributed by atoms with Gasteiger partial charge in [0.2, 0.25) is 0 Å². The van der Waals surface area contributed by atoms with Crippen LogP contribution in [0.3, 0.4) is 0 Å². The molecule has 136 valence electrons. The molecule has 3 aromatic carbocycles. The van der Waals surface area contributed by atoms with E-state index in [4.69, 9.17) is 0 Å². The number of hydrogen-bond acceptors (Lipinski definition) is 3. The second kappa shape index (κ2) is 8.15. The number of fused-ring (bicyclic) bond motifs is 1. The molecule has 0 bridgehead atoms. The van der Waals surface area contributed by atoms with Gasteiger partial charge in [-0.15, -0.1) is 0 Å². The van der Waals surface area contributed by atoms with Crippen LogP contribution in [0, 0.1) is 0 Å². The summed E-state index contributed by atoms with van der Waals surface area (Å²) in [5, 5.41) is 5.96. The number of carbonyl (C=O) groups excluding carboxylic acids is 1. The number of rotatable bonds is 4. The molecule has 1 heterocycles. The lowest BCUT2D eigenvalue weighted by atomic mass is 9.96. The second-order valence-electron chi connectivity index (χ2n) is 6.24. The maximum absolute atomic E-state index is 12.8. The van der Waals surface area contributed by atoms with Crippen molar-refractivity contribution in [2.24, 2.45) is 5.10 Å². The van der Waals surface area contributed by atoms with E-state index in [9.17, 15) is 4.79 Å². The third kappa shape index (κ3) is 4.00. The number of nitrogens with one attached hydrogen (secondary N) is 1. The summed E-state index contributed by atoms with van der Waals surface area (Å²) in [6, 6.07) is 23.6. The Labute approximate surface area is 171 Å². The van der Waals surface area contributed by atoms with Crippen molar-refractivity contribution in [1.29, 1.82) is 0 Å². The van der Waals surface area contributed by atoms with Gasteiger partial charge in [0, 0.05) is 28.0 Å². The molecule has 0 saturated carbocycles. The molecule has 0 aliphatic carbocycles. The van der Waals surface area contributed by atoms with Gasteiger partial charge in [-0.1, -0.05) is 58.4 Å². The molecule has 0 fully saturated rings. The summed E-state index contributed by atoms with van der Waals surface area (Å²) in [5.74, 6) is -0.254. The fraction of sp³-hybridized carbons (Fsp3) is 0. The van der Waals surface area contributed by atoms with E-state index in [1.54, 1.807) is 18.6 Å². The van der Waals surface area contributed by atoms with Gasteiger partial charge in [-0.2, -0.15) is 5.10 Å². The predicted octanol–water partition coefficient (Wildman–Crippen LogP) is 5.43. The van der Waals surface area contributed by atoms with Gasteiger partial charge in [-0.3, -0.25) is 9.78 Å². The molecular formula is C23H16BrN3O. The summed E-state index contributed by atoms with van der Waals surface area (Å²) in [4.78, 5) is 16.9. The number of pyridine rings is 1. The van der Waals surface area contributed by atoms with Gasteiger partial charge in [0.05, 0.1) is 6.21 Å². The highest BCUT2D eigenvalue weighted by Crippen LogP contribution is 2.28. The van der Waals surface area contributed by atoms with E-state index in [2.05, 4.69) is 37.5 Å². The van der Waals surface area contributed by atoms with Gasteiger partial charge in [0.15, 0.2) is 0 Å². The Balaban J connectivity index is 1.69. The average Bonchev–Trinajstić information content (AvgIpc) is 2.74. The number of aromatic nitrogens is 1. The number of hydrazone groups is 1. The number of hydrogen-bond donors (Lipinski definition) is 1. The van der Waals surface area contributed by atoms with Gasteiger partial charge in [0.1, 0.15) is 0 Å². The zero-order valence-corrected chi connectivity index (χ0v) is 16.4. The van der Waals surface area contributed by atoms with E-state index < -0.39 is 0 Å². The summed E-state index contributed by atoms with van der Waals surface area (Å²) in [6.45, 7) is 0. The summed E-state index contributed by atoms with van der Waals surface area (Å²) < 4.78 is 1.01. The molecule has 0 radical (unpaired) electrons. The van der Waals surface area contributed by atoms with Crippen molar-refractivity contribution >= 4 is 38.8 Å². The van der Waals surface area contributed by atoms with E-state index in [1.165, 1.54) is 0 Å². The quantitative estimate of drug-likeness (QED) is 0.347. The fourth-order valence-corrected chi connectivity index (χ4v) is 3.25. The lowest BCUT2D eigenvalue weighted by molar-refractivity contribution is 0.0957. The molecule has 1 aromatic heterocycles. The first kappa shape index (κ1) is 18.1. The number of benzene rings is 3. The monoisotopic (exact) mass is 429 g/mol. The molecule has 0 unspecified atom stereocenters. The minimum Gasteiger partial charge on any atom is -0.267 e. The maximum atomic E-state index is 12.8. The SMILES string of the molecule is O=C(N/N=C\c1cccnc1)c1cc(-c2ccc(Br)cc2)cc2ccccc12. The van der Waals surface area contributed by atoms with Crippen LogP contribution in [0.5, 0.6) is 0 Å². The van der Waals surface area contributed by atoms with Crippen molar-refractivity contribution in [3.8, 4) is 11.1 Å². The van der Waals surface area contributed by atoms with Crippen LogP contribution in [0.15, 0.2) is 94.8 Å². The van der Waals surface area contributed by atoms with E-state index in [-0.39, 0.29) is 5.91 Å². The van der Waals surface area contributed by atoms with Crippen molar-refractivity contribution in [1.82, 2.24) is 10.4 Å². The largest absolute Gasteiger partial charge is 0.272 e. The van der Waals surface area contributed by atoms with Crippen LogP contribution in [0.25, 0.3) is 21.9 Å². The van der Waals surface area contributed by atoms with Gasteiger partial charge in [-0.05, 0) is 52.2 Å². The molecule has 1 amide bonds. The van der Waals surface area contributed by atoms with E-state index in [0.29, 0.717) is 5.56 Å². The highest BCUT2D eigenvalue weighted by Gasteiger charge is 2.12. The zero-order chi connectivity index (χ0) is 19.3. The molecule has 1 N–H and O–H groups in total. The highest BCUT2D eigenvalue weighted by atomic mass is 79.9. The first-order chi connectivity index (χ1) is 13.7. The molecule has 28 heavy (non-hydrogen) atoms. The van der Waals surface area contributed by atoms with Crippen LogP contribution in [0.1, 0.15) is 15.9 Å². The summed E-state index contributed by atoms with van der Waals surface area (Å²) in [5.41, 5.74) is 6.04. The van der Waals surface area contributed by atoms with E-state index in [0.717, 1.165) is 31.9 Å². The van der Waals surface area contributed by atoms with Gasteiger partial charge in [0.25, 0.3) is 5.91 Å². The summed E-state index contributed by atoms with van der Waals surface area (Å²) >= 11 is 3.46. The van der Waals surface area contributed by atoms with Crippen molar-refractivity contribution in [3.63, 3.8) is 0 Å². The number of nitrogens with zero attached hydrogens (tertiary/aromatic N) is 2. The Hall–Kier alpha value is -3.31. The van der Waals surface area contributed by atoms with Crippen LogP contribution in [0.2, 0.25) is 0 Å². The lowest BCUT2D eigenvalue weighted by Crippen LogP contribution is -2.18. The normalized spacial score (nSPS) is 11.0. The number of carbonyl (C=O) groups is 1. The van der Waals surface area contributed by atoms with Crippen LogP contribution >= 0.6 is 15.9 Å². The average molecular weight is 430 g/mol. The maximum Gasteiger partial charge on any atom is 0.272 e. The molecule has 4 nitrogen and oxygen atoms in total. The third-order valence-electron chi connectivity index (χ3n) is 4.35. The van der Waals surface area contributed by atoms with Crippen LogP contribution in [-0.2, 0) is 0 Å². The molecule has 0 aliphatic heterocycles. The Kier molecular flexibility index (Phi) is 5.26. The Morgan fingerprint density at radius 2 is 1.79 bits per heavy atom. The van der Waals surface area contributed by atoms with Crippen molar-refractivity contribution in [2.75, 3.05) is 0 Å². The molecule has 0 spiro atoms. The summed E-state index contributed by atoms with van der Waals surface area (Å²) in [7, 11) is 0. The molecule has 0 atom stereocenters. The van der Waals surface area contributed by atoms with E-state index >= 15 is 0 Å². The fourth-order valence-electron chi connectivity index (χ4n) is 2.99. The molecule has 0 saturated heterocycles. The van der Waals surface area contributed by atoms with Gasteiger partial charge in [-0.25, -0.2) is 5.43 Å². The van der Waals surface area contributed by atoms with Crippen molar-refractivity contribution < 1.29 is 4.79 Å². The second-order valence-corrected chi connectivity index (χ2v) is 7.15. The number of halogens is 1. The Bertz CT molecular complexity index is 1160. The van der Waals surface area contributed by atoms with Crippen LogP contribution in [0.4, 0.5) is 0 Å². The standard InChI is InChI=1S/C23H16BrN3O/c24-20-9-7-17(8-10-20)19-12-18-5-1-2-6-21(18)22(13-19)23(28)27-26-15-16-4-3-11-25-14-16/h1-15H,(H,27,28)/b26-15-. The first-order valence-electron chi connectivity index (χ1n) is 8.73. The molecule has 5 heteroatoms. The third-order valence-corrected chi connectivity index (χ3v) is 4.88. The molecule has 0 aliphatic rings. The van der Waals surface area contributed by atoms with Crippen molar-refractivity contribution in [2.45, 2.75) is 0 Å². The van der Waals surface area contributed by atoms with Gasteiger partial charge < -0.3 is 0 Å². The van der Waals surface area contributed by atoms with E-state index in [1.807, 2.05) is 66.7 Å². The lowest BCUT2D eigenvalue weighted by Gasteiger charge is -2.10. The first-order valence-corrected chi connectivity index (χ1v) is 9.52. The molecule has 4 rings (SSSR count). The minimum absolute atomic E-state index is 0.254. The topological polar surface area (TPSA) is 54.4 Å². The smallest absolute Gasteiger partial charge is 0.267 e. The summed E-state index contributed by atoms with van der Waals surface area (Å²) in [6.07, 6.45) is 4.94. The minimum atomic E-state index is -0.254.